The number of benzene rings is 2. The molecular weight excluding hydrogens is 402 g/mol. The highest BCUT2D eigenvalue weighted by Crippen LogP contribution is 2.32. The predicted molar refractivity (Wildman–Crippen MR) is 115 cm³/mol. The zero-order valence-corrected chi connectivity index (χ0v) is 17.8. The van der Waals surface area contributed by atoms with Crippen LogP contribution < -0.4 is 14.8 Å². The highest BCUT2D eigenvalue weighted by atomic mass is 32.2. The van der Waals surface area contributed by atoms with Gasteiger partial charge >= 0.3 is 0 Å². The molecule has 0 radical (unpaired) electrons. The van der Waals surface area contributed by atoms with E-state index in [2.05, 4.69) is 14.9 Å². The summed E-state index contributed by atoms with van der Waals surface area (Å²) in [6.45, 7) is 4.54. The van der Waals surface area contributed by atoms with Gasteiger partial charge < -0.3 is 14.5 Å². The second-order valence-corrected chi connectivity index (χ2v) is 9.84. The van der Waals surface area contributed by atoms with Crippen molar-refractivity contribution in [2.45, 2.75) is 36.9 Å². The minimum atomic E-state index is -3.80. The average molecular weight is 428 g/mol. The number of sulfonamides is 1. The Hall–Kier alpha value is -2.55. The summed E-state index contributed by atoms with van der Waals surface area (Å²) in [6, 6.07) is 11.6. The molecule has 3 aromatic rings. The topological polar surface area (TPSA) is 83.8 Å². The number of hydrogen-bond acceptors (Lipinski definition) is 6. The number of aryl methyl sites for hydroxylation is 1. The Kier molecular flexibility index (Phi) is 4.72. The summed E-state index contributed by atoms with van der Waals surface area (Å²) in [5, 5.41) is 4.28. The van der Waals surface area contributed by atoms with E-state index in [-0.39, 0.29) is 4.90 Å². The lowest BCUT2D eigenvalue weighted by molar-refractivity contribution is 0.218. The third-order valence-corrected chi connectivity index (χ3v) is 7.40. The second kappa shape index (κ2) is 7.30. The van der Waals surface area contributed by atoms with Crippen molar-refractivity contribution in [3.8, 4) is 5.75 Å². The second-order valence-electron chi connectivity index (χ2n) is 8.15. The van der Waals surface area contributed by atoms with E-state index in [4.69, 9.17) is 9.15 Å². The summed E-state index contributed by atoms with van der Waals surface area (Å²) < 4.78 is 40.2. The van der Waals surface area contributed by atoms with E-state index in [1.54, 1.807) is 30.5 Å². The predicted octanol–water partition coefficient (Wildman–Crippen LogP) is 3.10. The van der Waals surface area contributed by atoms with Gasteiger partial charge in [0.2, 0.25) is 0 Å². The Morgan fingerprint density at radius 1 is 1.27 bits per heavy atom. The molecule has 0 saturated carbocycles. The minimum Gasteiger partial charge on any atom is -0.495 e. The van der Waals surface area contributed by atoms with Gasteiger partial charge in [0.25, 0.3) is 10.0 Å². The van der Waals surface area contributed by atoms with Gasteiger partial charge in [0.1, 0.15) is 11.3 Å². The van der Waals surface area contributed by atoms with Crippen LogP contribution in [0.3, 0.4) is 0 Å². The fourth-order valence-electron chi connectivity index (χ4n) is 4.56. The maximum absolute atomic E-state index is 13.2. The van der Waals surface area contributed by atoms with Gasteiger partial charge in [0.05, 0.1) is 24.0 Å². The monoisotopic (exact) mass is 427 g/mol. The molecule has 5 rings (SSSR count). The Morgan fingerprint density at radius 2 is 2.13 bits per heavy atom. The van der Waals surface area contributed by atoms with Crippen molar-refractivity contribution >= 4 is 26.7 Å². The number of nitrogens with zero attached hydrogens (tertiary/aromatic N) is 1. The van der Waals surface area contributed by atoms with Crippen molar-refractivity contribution in [1.82, 2.24) is 10.2 Å². The first-order valence-corrected chi connectivity index (χ1v) is 11.6. The molecule has 1 aromatic heterocycles. The number of furan rings is 1. The Bertz CT molecular complexity index is 1200. The first kappa shape index (κ1) is 19.4. The number of anilines is 1. The van der Waals surface area contributed by atoms with Crippen molar-refractivity contribution in [2.75, 3.05) is 24.9 Å². The van der Waals surface area contributed by atoms with E-state index in [1.165, 1.54) is 7.11 Å². The quantitative estimate of drug-likeness (QED) is 0.629. The van der Waals surface area contributed by atoms with Crippen LogP contribution in [0.25, 0.3) is 11.0 Å². The van der Waals surface area contributed by atoms with Crippen molar-refractivity contribution in [3.05, 3.63) is 53.8 Å². The number of piperazine rings is 1. The Balaban J connectivity index is 1.50. The average Bonchev–Trinajstić information content (AvgIpc) is 3.44. The molecule has 2 saturated heterocycles. The van der Waals surface area contributed by atoms with Crippen molar-refractivity contribution < 1.29 is 17.6 Å². The highest BCUT2D eigenvalue weighted by molar-refractivity contribution is 7.92. The van der Waals surface area contributed by atoms with Gasteiger partial charge in [-0.3, -0.25) is 9.62 Å². The first-order chi connectivity index (χ1) is 14.4. The van der Waals surface area contributed by atoms with Crippen LogP contribution in [0.5, 0.6) is 5.75 Å². The standard InChI is InChI=1S/C22H25N3O4S/c1-14-3-4-21(28-2)20(7-14)24-30(26,27)19-8-15-5-6-29-22(15)16(9-19)12-25-13-17-10-18(25)11-23-17/h3-9,17-18,23-24H,10-13H2,1-2H3/t17-,18?/m0/s1. The van der Waals surface area contributed by atoms with Crippen molar-refractivity contribution in [1.29, 1.82) is 0 Å². The minimum absolute atomic E-state index is 0.220. The van der Waals surface area contributed by atoms with Crippen LogP contribution in [0.1, 0.15) is 17.5 Å². The van der Waals surface area contributed by atoms with Crippen LogP contribution in [0.15, 0.2) is 52.0 Å². The molecular formula is C22H25N3O4S. The summed E-state index contributed by atoms with van der Waals surface area (Å²) in [7, 11) is -2.28. The van der Waals surface area contributed by atoms with Gasteiger partial charge in [0.15, 0.2) is 0 Å². The van der Waals surface area contributed by atoms with Crippen LogP contribution in [0.4, 0.5) is 5.69 Å². The number of likely N-dealkylation sites (tertiary alicyclic amines) is 1. The van der Waals surface area contributed by atoms with E-state index in [1.807, 2.05) is 19.1 Å². The summed E-state index contributed by atoms with van der Waals surface area (Å²) in [5.41, 5.74) is 3.01. The van der Waals surface area contributed by atoms with Crippen LogP contribution in [0, 0.1) is 6.92 Å². The fourth-order valence-corrected chi connectivity index (χ4v) is 5.71. The Labute approximate surface area is 176 Å². The van der Waals surface area contributed by atoms with E-state index in [9.17, 15) is 8.42 Å². The number of hydrogen-bond donors (Lipinski definition) is 2. The summed E-state index contributed by atoms with van der Waals surface area (Å²) >= 11 is 0. The molecule has 2 fully saturated rings. The third kappa shape index (κ3) is 3.45. The summed E-state index contributed by atoms with van der Waals surface area (Å²) in [5.74, 6) is 0.481. The normalized spacial score (nSPS) is 21.4. The molecule has 7 nitrogen and oxygen atoms in total. The molecule has 1 unspecified atom stereocenters. The molecule has 0 amide bonds. The summed E-state index contributed by atoms with van der Waals surface area (Å²) in [4.78, 5) is 2.63. The molecule has 2 aliphatic heterocycles. The maximum atomic E-state index is 13.2. The van der Waals surface area contributed by atoms with Gasteiger partial charge in [-0.05, 0) is 49.2 Å². The van der Waals surface area contributed by atoms with Gasteiger partial charge in [0, 0.05) is 42.7 Å². The zero-order valence-electron chi connectivity index (χ0n) is 17.0. The van der Waals surface area contributed by atoms with Crippen LogP contribution >= 0.6 is 0 Å². The molecule has 8 heteroatoms. The lowest BCUT2D eigenvalue weighted by atomic mass is 10.1. The molecule has 2 atom stereocenters. The van der Waals surface area contributed by atoms with Crippen LogP contribution in [-0.4, -0.2) is 45.6 Å². The number of rotatable bonds is 6. The first-order valence-electron chi connectivity index (χ1n) is 10.1. The molecule has 2 aromatic carbocycles. The largest absolute Gasteiger partial charge is 0.495 e. The van der Waals surface area contributed by atoms with Crippen LogP contribution in [-0.2, 0) is 16.6 Å². The van der Waals surface area contributed by atoms with Gasteiger partial charge in [-0.25, -0.2) is 8.42 Å². The number of methoxy groups -OCH3 is 1. The van der Waals surface area contributed by atoms with Crippen molar-refractivity contribution in [2.24, 2.45) is 0 Å². The van der Waals surface area contributed by atoms with E-state index >= 15 is 0 Å². The molecule has 0 aliphatic carbocycles. The number of ether oxygens (including phenoxy) is 1. The number of fused-ring (bicyclic) bond motifs is 3. The molecule has 2 bridgehead atoms. The van der Waals surface area contributed by atoms with Gasteiger partial charge in [-0.1, -0.05) is 6.07 Å². The van der Waals surface area contributed by atoms with Crippen molar-refractivity contribution in [3.63, 3.8) is 0 Å². The highest BCUT2D eigenvalue weighted by Gasteiger charge is 2.37. The van der Waals surface area contributed by atoms with Gasteiger partial charge in [-0.2, -0.15) is 0 Å². The molecule has 2 N–H and O–H groups in total. The third-order valence-electron chi connectivity index (χ3n) is 6.05. The Morgan fingerprint density at radius 3 is 2.87 bits per heavy atom. The lowest BCUT2D eigenvalue weighted by Crippen LogP contribution is -2.43. The SMILES string of the molecule is COc1ccc(C)cc1NS(=O)(=O)c1cc(CN2C[C@@H]3CC2CN3)c2occc2c1. The fraction of sp³-hybridized carbons (Fsp3) is 0.364. The van der Waals surface area contributed by atoms with Gasteiger partial charge in [-0.15, -0.1) is 0 Å². The zero-order chi connectivity index (χ0) is 20.9. The maximum Gasteiger partial charge on any atom is 0.262 e. The molecule has 3 heterocycles. The van der Waals surface area contributed by atoms with E-state index in [0.29, 0.717) is 30.1 Å². The molecule has 2 aliphatic rings. The molecule has 158 valence electrons. The number of nitrogens with one attached hydrogen (secondary N) is 2. The summed E-state index contributed by atoms with van der Waals surface area (Å²) in [6.07, 6.45) is 2.76. The van der Waals surface area contributed by atoms with E-state index < -0.39 is 10.0 Å². The lowest BCUT2D eigenvalue weighted by Gasteiger charge is -2.27. The molecule has 30 heavy (non-hydrogen) atoms. The van der Waals surface area contributed by atoms with E-state index in [0.717, 1.165) is 41.6 Å². The molecule has 0 spiro atoms. The van der Waals surface area contributed by atoms with Crippen LogP contribution in [0.2, 0.25) is 0 Å². The smallest absolute Gasteiger partial charge is 0.262 e.